The summed E-state index contributed by atoms with van der Waals surface area (Å²) in [4.78, 5) is 52.1. The molecule has 0 saturated carbocycles. The maximum absolute atomic E-state index is 13.9. The fourth-order valence-electron chi connectivity index (χ4n) is 6.08. The van der Waals surface area contributed by atoms with Crippen LogP contribution in [0.25, 0.3) is 10.9 Å². The standard InChI is InChI=1S/C34H37FN6O5.C2HF3O2/c35-25-9-10-27(24(20-25)22-31(42)43)36-33(44)23-8-11-30(40-12-4-1-5-13-40)28(21-23)37-34(45)32-26-6-2-3-7-29(26)41(38-32)15-14-39-16-18-46-19-17-39;3-2(4,5)1(6)7/h2-3,6-11,20-21H,1,4-5,12-19,22H2,(H,36,44)(H,37,45)(H,42,43);(H,6,7). The van der Waals surface area contributed by atoms with Crippen molar-refractivity contribution in [3.8, 4) is 0 Å². The molecule has 13 nitrogen and oxygen atoms in total. The number of alkyl halides is 3. The van der Waals surface area contributed by atoms with Gasteiger partial charge >= 0.3 is 18.1 Å². The Balaban J connectivity index is 0.000000705. The smallest absolute Gasteiger partial charge is 0.481 e. The summed E-state index contributed by atoms with van der Waals surface area (Å²) in [6, 6.07) is 16.4. The summed E-state index contributed by atoms with van der Waals surface area (Å²) in [7, 11) is 0. The molecule has 0 radical (unpaired) electrons. The number of para-hydroxylation sites is 1. The molecule has 2 amide bonds. The Morgan fingerprint density at radius 1 is 0.811 bits per heavy atom. The molecule has 6 rings (SSSR count). The number of halogens is 4. The summed E-state index contributed by atoms with van der Waals surface area (Å²) in [5.74, 6) is -5.40. The molecule has 2 saturated heterocycles. The number of nitrogens with one attached hydrogen (secondary N) is 2. The second-order valence-electron chi connectivity index (χ2n) is 12.4. The second-order valence-corrected chi connectivity index (χ2v) is 12.4. The highest BCUT2D eigenvalue weighted by atomic mass is 19.4. The van der Waals surface area contributed by atoms with Crippen molar-refractivity contribution >= 4 is 51.7 Å². The van der Waals surface area contributed by atoms with Crippen molar-refractivity contribution in [2.24, 2.45) is 0 Å². The summed E-state index contributed by atoms with van der Waals surface area (Å²) in [6.45, 7) is 6.18. The van der Waals surface area contributed by atoms with Crippen molar-refractivity contribution in [3.63, 3.8) is 0 Å². The normalized spacial score (nSPS) is 15.0. The minimum atomic E-state index is -5.08. The number of ether oxygens (including phenoxy) is 1. The topological polar surface area (TPSA) is 166 Å². The molecule has 3 heterocycles. The Morgan fingerprint density at radius 3 is 2.17 bits per heavy atom. The van der Waals surface area contributed by atoms with Crippen LogP contribution in [0, 0.1) is 5.82 Å². The molecule has 4 N–H and O–H groups in total. The number of carbonyl (C=O) groups is 4. The van der Waals surface area contributed by atoms with Crippen LogP contribution in [0.5, 0.6) is 0 Å². The summed E-state index contributed by atoms with van der Waals surface area (Å²) in [5, 5.41) is 27.6. The highest BCUT2D eigenvalue weighted by Crippen LogP contribution is 2.31. The number of aromatic nitrogens is 2. The molecule has 2 aliphatic heterocycles. The van der Waals surface area contributed by atoms with Gasteiger partial charge in [-0.1, -0.05) is 18.2 Å². The number of morpholine rings is 1. The van der Waals surface area contributed by atoms with Crippen LogP contribution in [0.1, 0.15) is 45.7 Å². The molecule has 0 bridgehead atoms. The van der Waals surface area contributed by atoms with E-state index in [-0.39, 0.29) is 22.7 Å². The summed E-state index contributed by atoms with van der Waals surface area (Å²) in [5.41, 5.74) is 3.03. The molecule has 1 aromatic heterocycles. The number of hydrogen-bond donors (Lipinski definition) is 4. The van der Waals surface area contributed by atoms with Crippen LogP contribution in [-0.4, -0.2) is 101 Å². The molecular weight excluding hydrogens is 704 g/mol. The van der Waals surface area contributed by atoms with Crippen molar-refractivity contribution in [1.29, 1.82) is 0 Å². The van der Waals surface area contributed by atoms with Gasteiger partial charge in [-0.05, 0) is 67.3 Å². The van der Waals surface area contributed by atoms with Gasteiger partial charge in [0.05, 0.1) is 43.1 Å². The third kappa shape index (κ3) is 10.3. The Hall–Kier alpha value is -5.55. The molecule has 3 aromatic carbocycles. The molecule has 4 aromatic rings. The Labute approximate surface area is 301 Å². The predicted molar refractivity (Wildman–Crippen MR) is 187 cm³/mol. The Morgan fingerprint density at radius 2 is 1.49 bits per heavy atom. The number of benzene rings is 3. The maximum atomic E-state index is 13.9. The lowest BCUT2D eigenvalue weighted by atomic mass is 10.1. The molecule has 53 heavy (non-hydrogen) atoms. The number of anilines is 3. The van der Waals surface area contributed by atoms with Gasteiger partial charge in [0.2, 0.25) is 0 Å². The molecule has 0 spiro atoms. The molecule has 282 valence electrons. The van der Waals surface area contributed by atoms with Gasteiger partial charge in [0.1, 0.15) is 5.82 Å². The van der Waals surface area contributed by atoms with Crippen LogP contribution in [0.15, 0.2) is 60.7 Å². The third-order valence-corrected chi connectivity index (χ3v) is 8.71. The van der Waals surface area contributed by atoms with Crippen LogP contribution < -0.4 is 15.5 Å². The van der Waals surface area contributed by atoms with E-state index < -0.39 is 36.3 Å². The lowest BCUT2D eigenvalue weighted by Gasteiger charge is -2.30. The first kappa shape index (κ1) is 38.7. The van der Waals surface area contributed by atoms with E-state index in [4.69, 9.17) is 19.7 Å². The molecular formula is C36H38F4N6O7. The van der Waals surface area contributed by atoms with E-state index in [1.54, 1.807) is 12.1 Å². The molecule has 0 unspecified atom stereocenters. The van der Waals surface area contributed by atoms with E-state index in [0.717, 1.165) is 80.7 Å². The molecule has 0 aliphatic carbocycles. The zero-order valence-electron chi connectivity index (χ0n) is 28.5. The lowest BCUT2D eigenvalue weighted by Crippen LogP contribution is -2.38. The minimum absolute atomic E-state index is 0.149. The number of fused-ring (bicyclic) bond motifs is 1. The van der Waals surface area contributed by atoms with Gasteiger partial charge in [-0.25, -0.2) is 9.18 Å². The quantitative estimate of drug-likeness (QED) is 0.158. The highest BCUT2D eigenvalue weighted by molar-refractivity contribution is 6.13. The molecule has 2 fully saturated rings. The van der Waals surface area contributed by atoms with E-state index >= 15 is 0 Å². The van der Waals surface area contributed by atoms with Gasteiger partial charge < -0.3 is 30.5 Å². The Kier molecular flexibility index (Phi) is 12.6. The van der Waals surface area contributed by atoms with E-state index in [9.17, 15) is 37.1 Å². The van der Waals surface area contributed by atoms with Crippen molar-refractivity contribution in [2.75, 3.05) is 61.5 Å². The number of nitrogens with zero attached hydrogens (tertiary/aromatic N) is 4. The minimum Gasteiger partial charge on any atom is -0.481 e. The van der Waals surface area contributed by atoms with Gasteiger partial charge in [-0.3, -0.25) is 24.0 Å². The summed E-state index contributed by atoms with van der Waals surface area (Å²) in [6.07, 6.45) is -2.37. The number of rotatable bonds is 10. The number of aliphatic carboxylic acids is 2. The monoisotopic (exact) mass is 742 g/mol. The number of piperidine rings is 1. The first-order valence-corrected chi connectivity index (χ1v) is 16.9. The maximum Gasteiger partial charge on any atom is 0.490 e. The SMILES string of the molecule is O=C(O)C(F)(F)F.O=C(O)Cc1cc(F)ccc1NC(=O)c1ccc(N2CCCCC2)c(NC(=O)c2nn(CCN3CCOCC3)c3ccccc23)c1. The zero-order valence-corrected chi connectivity index (χ0v) is 28.5. The van der Waals surface area contributed by atoms with Crippen LogP contribution in [0.3, 0.4) is 0 Å². The fraction of sp³-hybridized carbons (Fsp3) is 0.361. The summed E-state index contributed by atoms with van der Waals surface area (Å²) < 4.78 is 52.9. The Bertz CT molecular complexity index is 1960. The van der Waals surface area contributed by atoms with Crippen LogP contribution in [-0.2, 0) is 27.3 Å². The molecule has 0 atom stereocenters. The molecule has 17 heteroatoms. The van der Waals surface area contributed by atoms with Gasteiger partial charge in [-0.2, -0.15) is 18.3 Å². The fourth-order valence-corrected chi connectivity index (χ4v) is 6.08. The van der Waals surface area contributed by atoms with E-state index in [1.165, 1.54) is 6.07 Å². The van der Waals surface area contributed by atoms with Gasteiger partial charge in [0.25, 0.3) is 11.8 Å². The lowest BCUT2D eigenvalue weighted by molar-refractivity contribution is -0.192. The van der Waals surface area contributed by atoms with Crippen molar-refractivity contribution in [3.05, 3.63) is 83.3 Å². The zero-order chi connectivity index (χ0) is 38.1. The third-order valence-electron chi connectivity index (χ3n) is 8.71. The van der Waals surface area contributed by atoms with Gasteiger partial charge in [-0.15, -0.1) is 0 Å². The molecule has 2 aliphatic rings. The van der Waals surface area contributed by atoms with Crippen LogP contribution in [0.4, 0.5) is 34.6 Å². The van der Waals surface area contributed by atoms with Crippen molar-refractivity contribution in [1.82, 2.24) is 14.7 Å². The number of amides is 2. The van der Waals surface area contributed by atoms with Gasteiger partial charge in [0.15, 0.2) is 5.69 Å². The van der Waals surface area contributed by atoms with E-state index in [2.05, 4.69) is 20.4 Å². The summed E-state index contributed by atoms with van der Waals surface area (Å²) >= 11 is 0. The van der Waals surface area contributed by atoms with Crippen LogP contribution >= 0.6 is 0 Å². The average Bonchev–Trinajstić information content (AvgIpc) is 3.51. The highest BCUT2D eigenvalue weighted by Gasteiger charge is 2.38. The first-order valence-electron chi connectivity index (χ1n) is 16.9. The number of carboxylic acid groups (broad SMARTS) is 2. The number of hydrogen-bond acceptors (Lipinski definition) is 8. The predicted octanol–water partition coefficient (Wildman–Crippen LogP) is 5.26. The average molecular weight is 743 g/mol. The van der Waals surface area contributed by atoms with Crippen LogP contribution in [0.2, 0.25) is 0 Å². The number of carbonyl (C=O) groups excluding carboxylic acids is 2. The van der Waals surface area contributed by atoms with Crippen molar-refractivity contribution < 1.29 is 51.7 Å². The van der Waals surface area contributed by atoms with E-state index in [0.29, 0.717) is 31.1 Å². The second kappa shape index (κ2) is 17.3. The van der Waals surface area contributed by atoms with Crippen molar-refractivity contribution in [2.45, 2.75) is 38.4 Å². The van der Waals surface area contributed by atoms with Gasteiger partial charge in [0, 0.05) is 49.4 Å². The number of carboxylic acids is 2. The first-order chi connectivity index (χ1) is 25.3. The van der Waals surface area contributed by atoms with E-state index in [1.807, 2.05) is 35.0 Å². The largest absolute Gasteiger partial charge is 0.490 e.